The largest absolute Gasteiger partial charge is 0.308 e. The van der Waals surface area contributed by atoms with Gasteiger partial charge in [0.15, 0.2) is 0 Å². The number of aryl methyl sites for hydroxylation is 1. The van der Waals surface area contributed by atoms with E-state index in [4.69, 9.17) is 5.84 Å². The van der Waals surface area contributed by atoms with Crippen molar-refractivity contribution >= 4 is 17.6 Å². The summed E-state index contributed by atoms with van der Waals surface area (Å²) in [6.07, 6.45) is 1.93. The molecule has 5 heteroatoms. The molecule has 3 N–H and O–H groups in total. The van der Waals surface area contributed by atoms with Gasteiger partial charge in [-0.2, -0.15) is 0 Å². The monoisotopic (exact) mass is 268 g/mol. The topological polar surface area (TPSA) is 63.8 Å². The SMILES string of the molecule is CCCc1nc(NN)c(C)c(SC(C)C(C)C)n1. The minimum Gasteiger partial charge on any atom is -0.308 e. The molecule has 1 unspecified atom stereocenters. The summed E-state index contributed by atoms with van der Waals surface area (Å²) in [5.74, 6) is 7.76. The summed E-state index contributed by atoms with van der Waals surface area (Å²) in [7, 11) is 0. The number of hydrogen-bond acceptors (Lipinski definition) is 5. The number of nitrogens with zero attached hydrogens (tertiary/aromatic N) is 2. The minimum atomic E-state index is 0.527. The lowest BCUT2D eigenvalue weighted by Crippen LogP contribution is -2.14. The van der Waals surface area contributed by atoms with Crippen LogP contribution in [-0.2, 0) is 6.42 Å². The fourth-order valence-electron chi connectivity index (χ4n) is 1.44. The Morgan fingerprint density at radius 3 is 2.44 bits per heavy atom. The molecule has 1 aromatic rings. The Labute approximate surface area is 114 Å². The van der Waals surface area contributed by atoms with E-state index in [9.17, 15) is 0 Å². The number of aromatic nitrogens is 2. The third-order valence-electron chi connectivity index (χ3n) is 2.99. The number of nitrogens with one attached hydrogen (secondary N) is 1. The highest BCUT2D eigenvalue weighted by atomic mass is 32.2. The van der Waals surface area contributed by atoms with Gasteiger partial charge in [-0.15, -0.1) is 11.8 Å². The van der Waals surface area contributed by atoms with Crippen LogP contribution in [0.3, 0.4) is 0 Å². The second kappa shape index (κ2) is 6.95. The summed E-state index contributed by atoms with van der Waals surface area (Å²) in [5, 5.41) is 1.57. The summed E-state index contributed by atoms with van der Waals surface area (Å²) in [6.45, 7) is 10.8. The van der Waals surface area contributed by atoms with Gasteiger partial charge in [0.2, 0.25) is 0 Å². The van der Waals surface area contributed by atoms with E-state index in [0.717, 1.165) is 35.1 Å². The molecule has 0 spiro atoms. The van der Waals surface area contributed by atoms with Crippen molar-refractivity contribution in [2.45, 2.75) is 57.7 Å². The first kappa shape index (κ1) is 15.2. The summed E-state index contributed by atoms with van der Waals surface area (Å²) >= 11 is 1.80. The molecule has 1 rings (SSSR count). The van der Waals surface area contributed by atoms with E-state index in [2.05, 4.69) is 43.1 Å². The third-order valence-corrected chi connectivity index (χ3v) is 4.53. The molecule has 0 bridgehead atoms. The fourth-order valence-corrected chi connectivity index (χ4v) is 2.50. The number of nitrogens with two attached hydrogens (primary N) is 1. The lowest BCUT2D eigenvalue weighted by Gasteiger charge is -2.17. The molecule has 0 radical (unpaired) electrons. The van der Waals surface area contributed by atoms with Crippen molar-refractivity contribution in [1.82, 2.24) is 9.97 Å². The van der Waals surface area contributed by atoms with E-state index in [1.807, 2.05) is 6.92 Å². The average Bonchev–Trinajstić information content (AvgIpc) is 2.33. The Bertz CT molecular complexity index is 393. The van der Waals surface area contributed by atoms with Gasteiger partial charge in [-0.05, 0) is 19.3 Å². The summed E-state index contributed by atoms with van der Waals surface area (Å²) < 4.78 is 0. The maximum Gasteiger partial charge on any atom is 0.147 e. The van der Waals surface area contributed by atoms with E-state index in [-0.39, 0.29) is 0 Å². The summed E-state index contributed by atoms with van der Waals surface area (Å²) in [5.41, 5.74) is 3.71. The molecular formula is C13H24N4S. The molecule has 102 valence electrons. The smallest absolute Gasteiger partial charge is 0.147 e. The Hall–Kier alpha value is -0.810. The molecule has 1 heterocycles. The molecule has 0 fully saturated rings. The first-order valence-electron chi connectivity index (χ1n) is 6.50. The molecule has 0 aliphatic carbocycles. The molecule has 1 aromatic heterocycles. The molecule has 0 amide bonds. The van der Waals surface area contributed by atoms with Crippen molar-refractivity contribution in [2.24, 2.45) is 11.8 Å². The molecule has 0 saturated carbocycles. The Balaban J connectivity index is 3.04. The van der Waals surface area contributed by atoms with Gasteiger partial charge in [-0.25, -0.2) is 15.8 Å². The van der Waals surface area contributed by atoms with Crippen molar-refractivity contribution in [1.29, 1.82) is 0 Å². The van der Waals surface area contributed by atoms with Crippen LogP contribution in [0.1, 0.15) is 45.5 Å². The van der Waals surface area contributed by atoms with E-state index in [0.29, 0.717) is 11.2 Å². The maximum absolute atomic E-state index is 5.53. The van der Waals surface area contributed by atoms with Gasteiger partial charge < -0.3 is 5.43 Å². The van der Waals surface area contributed by atoms with E-state index < -0.39 is 0 Å². The number of rotatable bonds is 6. The first-order chi connectivity index (χ1) is 8.49. The van der Waals surface area contributed by atoms with Crippen LogP contribution in [0, 0.1) is 12.8 Å². The van der Waals surface area contributed by atoms with Gasteiger partial charge in [-0.1, -0.05) is 27.7 Å². The molecule has 1 atom stereocenters. The highest BCUT2D eigenvalue weighted by molar-refractivity contribution is 7.99. The van der Waals surface area contributed by atoms with Crippen LogP contribution in [0.25, 0.3) is 0 Å². The van der Waals surface area contributed by atoms with Gasteiger partial charge in [0.1, 0.15) is 16.7 Å². The molecule has 0 saturated heterocycles. The number of hydrogen-bond donors (Lipinski definition) is 2. The van der Waals surface area contributed by atoms with Crippen LogP contribution in [0.4, 0.5) is 5.82 Å². The highest BCUT2D eigenvalue weighted by Crippen LogP contribution is 2.31. The van der Waals surface area contributed by atoms with E-state index in [1.54, 1.807) is 11.8 Å². The van der Waals surface area contributed by atoms with Crippen LogP contribution in [-0.4, -0.2) is 15.2 Å². The number of thioether (sulfide) groups is 1. The molecule has 0 aliphatic heterocycles. The van der Waals surface area contributed by atoms with Crippen molar-refractivity contribution in [3.05, 3.63) is 11.4 Å². The van der Waals surface area contributed by atoms with Crippen LogP contribution < -0.4 is 11.3 Å². The van der Waals surface area contributed by atoms with Gasteiger partial charge in [-0.3, -0.25) is 0 Å². The summed E-state index contributed by atoms with van der Waals surface area (Å²) in [4.78, 5) is 9.08. The molecular weight excluding hydrogens is 244 g/mol. The van der Waals surface area contributed by atoms with Crippen LogP contribution >= 0.6 is 11.8 Å². The average molecular weight is 268 g/mol. The van der Waals surface area contributed by atoms with E-state index in [1.165, 1.54) is 0 Å². The van der Waals surface area contributed by atoms with Crippen molar-refractivity contribution < 1.29 is 0 Å². The molecule has 0 aliphatic rings. The fraction of sp³-hybridized carbons (Fsp3) is 0.692. The molecule has 18 heavy (non-hydrogen) atoms. The third kappa shape index (κ3) is 3.85. The van der Waals surface area contributed by atoms with Crippen LogP contribution in [0.5, 0.6) is 0 Å². The second-order valence-electron chi connectivity index (χ2n) is 4.88. The van der Waals surface area contributed by atoms with Crippen LogP contribution in [0.2, 0.25) is 0 Å². The minimum absolute atomic E-state index is 0.527. The zero-order valence-electron chi connectivity index (χ0n) is 11.9. The zero-order valence-corrected chi connectivity index (χ0v) is 12.8. The van der Waals surface area contributed by atoms with Crippen molar-refractivity contribution in [2.75, 3.05) is 5.43 Å². The standard InChI is InChI=1S/C13H24N4S/c1-6-7-11-15-12(17-14)9(4)13(16-11)18-10(5)8(2)3/h8,10H,6-7,14H2,1-5H3,(H,15,16,17). The molecule has 4 nitrogen and oxygen atoms in total. The lowest BCUT2D eigenvalue weighted by molar-refractivity contribution is 0.640. The Morgan fingerprint density at radius 1 is 1.28 bits per heavy atom. The number of hydrazine groups is 1. The predicted octanol–water partition coefficient (Wildman–Crippen LogP) is 3.16. The van der Waals surface area contributed by atoms with Gasteiger partial charge >= 0.3 is 0 Å². The second-order valence-corrected chi connectivity index (χ2v) is 6.25. The normalized spacial score (nSPS) is 12.8. The zero-order chi connectivity index (χ0) is 13.7. The number of nitrogen functional groups attached to an aromatic ring is 1. The highest BCUT2D eigenvalue weighted by Gasteiger charge is 2.15. The number of anilines is 1. The summed E-state index contributed by atoms with van der Waals surface area (Å²) in [6, 6.07) is 0. The van der Waals surface area contributed by atoms with Gasteiger partial charge in [0, 0.05) is 17.2 Å². The van der Waals surface area contributed by atoms with Crippen LogP contribution in [0.15, 0.2) is 5.03 Å². The van der Waals surface area contributed by atoms with Gasteiger partial charge in [0.25, 0.3) is 0 Å². The Kier molecular flexibility index (Phi) is 5.88. The Morgan fingerprint density at radius 2 is 1.94 bits per heavy atom. The predicted molar refractivity (Wildman–Crippen MR) is 78.7 cm³/mol. The van der Waals surface area contributed by atoms with E-state index >= 15 is 0 Å². The molecule has 0 aromatic carbocycles. The maximum atomic E-state index is 5.53. The van der Waals surface area contributed by atoms with Crippen molar-refractivity contribution in [3.8, 4) is 0 Å². The van der Waals surface area contributed by atoms with Gasteiger partial charge in [0.05, 0.1) is 0 Å². The quantitative estimate of drug-likeness (QED) is 0.359. The van der Waals surface area contributed by atoms with Crippen molar-refractivity contribution in [3.63, 3.8) is 0 Å². The first-order valence-corrected chi connectivity index (χ1v) is 7.38. The lowest BCUT2D eigenvalue weighted by atomic mass is 10.2.